The third-order valence-corrected chi connectivity index (χ3v) is 4.53. The zero-order valence-electron chi connectivity index (χ0n) is 13.8. The SMILES string of the molecule is O=C(C=Cc1ccccc1)NC(NC(=S)Nc1ccccc1S)C(Cl)(Cl)Cl. The van der Waals surface area contributed by atoms with Gasteiger partial charge in [0.25, 0.3) is 0 Å². The Morgan fingerprint density at radius 1 is 1.04 bits per heavy atom. The molecule has 0 aromatic heterocycles. The number of nitrogens with one attached hydrogen (secondary N) is 3. The lowest BCUT2D eigenvalue weighted by atomic mass is 10.2. The molecule has 2 rings (SSSR count). The summed E-state index contributed by atoms with van der Waals surface area (Å²) >= 11 is 27.5. The molecule has 0 aliphatic heterocycles. The van der Waals surface area contributed by atoms with Crippen LogP contribution in [-0.2, 0) is 4.79 Å². The van der Waals surface area contributed by atoms with Gasteiger partial charge < -0.3 is 16.0 Å². The average molecular weight is 461 g/mol. The second kappa shape index (κ2) is 10.2. The van der Waals surface area contributed by atoms with E-state index in [1.807, 2.05) is 42.5 Å². The molecule has 27 heavy (non-hydrogen) atoms. The van der Waals surface area contributed by atoms with Gasteiger partial charge in [-0.2, -0.15) is 0 Å². The van der Waals surface area contributed by atoms with E-state index in [2.05, 4.69) is 28.6 Å². The number of anilines is 1. The van der Waals surface area contributed by atoms with Gasteiger partial charge in [-0.05, 0) is 36.0 Å². The number of halogens is 3. The van der Waals surface area contributed by atoms with Crippen molar-refractivity contribution in [1.29, 1.82) is 0 Å². The van der Waals surface area contributed by atoms with Crippen molar-refractivity contribution in [3.63, 3.8) is 0 Å². The minimum atomic E-state index is -1.83. The van der Waals surface area contributed by atoms with Gasteiger partial charge in [-0.1, -0.05) is 77.3 Å². The van der Waals surface area contributed by atoms with Crippen molar-refractivity contribution in [1.82, 2.24) is 10.6 Å². The molecule has 1 amide bonds. The summed E-state index contributed by atoms with van der Waals surface area (Å²) in [5.74, 6) is -0.444. The van der Waals surface area contributed by atoms with Crippen LogP contribution in [0, 0.1) is 0 Å². The summed E-state index contributed by atoms with van der Waals surface area (Å²) in [4.78, 5) is 12.9. The normalized spacial score (nSPS) is 12.4. The summed E-state index contributed by atoms with van der Waals surface area (Å²) in [5.41, 5.74) is 1.55. The molecule has 1 atom stereocenters. The van der Waals surface area contributed by atoms with E-state index in [-0.39, 0.29) is 5.11 Å². The fourth-order valence-corrected chi connectivity index (χ4v) is 2.77. The lowest BCUT2D eigenvalue weighted by Gasteiger charge is -2.27. The number of alkyl halides is 3. The number of hydrogen-bond donors (Lipinski definition) is 4. The van der Waals surface area contributed by atoms with Gasteiger partial charge in [0.05, 0.1) is 5.69 Å². The molecular weight excluding hydrogens is 445 g/mol. The number of carbonyl (C=O) groups is 1. The molecule has 0 radical (unpaired) electrons. The molecule has 0 heterocycles. The van der Waals surface area contributed by atoms with Crippen LogP contribution in [0.4, 0.5) is 5.69 Å². The molecule has 0 spiro atoms. The predicted octanol–water partition coefficient (Wildman–Crippen LogP) is 4.79. The monoisotopic (exact) mass is 459 g/mol. The zero-order chi connectivity index (χ0) is 19.9. The molecule has 2 aromatic rings. The van der Waals surface area contributed by atoms with E-state index in [4.69, 9.17) is 47.0 Å². The molecule has 0 aliphatic rings. The van der Waals surface area contributed by atoms with Crippen molar-refractivity contribution in [3.05, 3.63) is 66.2 Å². The molecule has 0 aliphatic carbocycles. The fourth-order valence-electron chi connectivity index (χ4n) is 2.00. The topological polar surface area (TPSA) is 53.2 Å². The van der Waals surface area contributed by atoms with Crippen LogP contribution in [0.5, 0.6) is 0 Å². The molecule has 142 valence electrons. The first kappa shape index (κ1) is 21.9. The highest BCUT2D eigenvalue weighted by atomic mass is 35.6. The Bertz CT molecular complexity index is 826. The maximum atomic E-state index is 12.2. The number of thiocarbonyl (C=S) groups is 1. The third kappa shape index (κ3) is 7.60. The van der Waals surface area contributed by atoms with E-state index < -0.39 is 15.9 Å². The minimum absolute atomic E-state index is 0.167. The van der Waals surface area contributed by atoms with Gasteiger partial charge in [0.15, 0.2) is 5.11 Å². The van der Waals surface area contributed by atoms with E-state index in [1.165, 1.54) is 6.08 Å². The van der Waals surface area contributed by atoms with Gasteiger partial charge in [-0.15, -0.1) is 12.6 Å². The second-order valence-corrected chi connectivity index (χ2v) is 8.60. The van der Waals surface area contributed by atoms with Gasteiger partial charge in [-0.25, -0.2) is 0 Å². The first-order valence-electron chi connectivity index (χ1n) is 7.71. The van der Waals surface area contributed by atoms with Gasteiger partial charge in [0.2, 0.25) is 9.70 Å². The highest BCUT2D eigenvalue weighted by molar-refractivity contribution is 7.81. The highest BCUT2D eigenvalue weighted by Gasteiger charge is 2.34. The summed E-state index contributed by atoms with van der Waals surface area (Å²) in [6.45, 7) is 0. The van der Waals surface area contributed by atoms with Crippen molar-refractivity contribution in [2.24, 2.45) is 0 Å². The maximum Gasteiger partial charge on any atom is 0.245 e. The Hall–Kier alpha value is -1.44. The summed E-state index contributed by atoms with van der Waals surface area (Å²) < 4.78 is -1.83. The van der Waals surface area contributed by atoms with Crippen LogP contribution in [-0.4, -0.2) is 21.0 Å². The van der Waals surface area contributed by atoms with E-state index in [0.29, 0.717) is 10.6 Å². The third-order valence-electron chi connectivity index (χ3n) is 3.27. The molecule has 0 saturated carbocycles. The van der Waals surface area contributed by atoms with E-state index in [9.17, 15) is 4.79 Å². The number of hydrogen-bond acceptors (Lipinski definition) is 3. The number of amides is 1. The summed E-state index contributed by atoms with van der Waals surface area (Å²) in [6.07, 6.45) is 1.95. The Morgan fingerprint density at radius 2 is 1.67 bits per heavy atom. The Kier molecular flexibility index (Phi) is 8.26. The minimum Gasteiger partial charge on any atom is -0.339 e. The fraction of sp³-hybridized carbons (Fsp3) is 0.111. The van der Waals surface area contributed by atoms with E-state index in [0.717, 1.165) is 5.56 Å². The van der Waals surface area contributed by atoms with Crippen LogP contribution in [0.25, 0.3) is 6.08 Å². The van der Waals surface area contributed by atoms with Crippen LogP contribution in [0.1, 0.15) is 5.56 Å². The highest BCUT2D eigenvalue weighted by Crippen LogP contribution is 2.29. The molecular formula is C18H16Cl3N3OS2. The number of benzene rings is 2. The standard InChI is InChI=1S/C18H16Cl3N3OS2/c19-18(20,21)16(23-15(25)11-10-12-6-2-1-3-7-12)24-17(27)22-13-8-4-5-9-14(13)26/h1-11,16,26H,(H,23,25)(H2,22,24,27). The molecule has 2 aromatic carbocycles. The summed E-state index contributed by atoms with van der Waals surface area (Å²) in [6, 6.07) is 16.6. The first-order chi connectivity index (χ1) is 12.8. The largest absolute Gasteiger partial charge is 0.339 e. The van der Waals surface area contributed by atoms with Crippen molar-refractivity contribution in [2.45, 2.75) is 14.9 Å². The quantitative estimate of drug-likeness (QED) is 0.170. The lowest BCUT2D eigenvalue weighted by molar-refractivity contribution is -0.117. The summed E-state index contributed by atoms with van der Waals surface area (Å²) in [5, 5.41) is 8.48. The van der Waals surface area contributed by atoms with Gasteiger partial charge in [0, 0.05) is 11.0 Å². The van der Waals surface area contributed by atoms with Gasteiger partial charge >= 0.3 is 0 Å². The van der Waals surface area contributed by atoms with Crippen LogP contribution < -0.4 is 16.0 Å². The Morgan fingerprint density at radius 3 is 2.30 bits per heavy atom. The Labute approximate surface area is 183 Å². The molecule has 4 nitrogen and oxygen atoms in total. The average Bonchev–Trinajstić information content (AvgIpc) is 2.61. The predicted molar refractivity (Wildman–Crippen MR) is 121 cm³/mol. The smallest absolute Gasteiger partial charge is 0.245 e. The van der Waals surface area contributed by atoms with Crippen molar-refractivity contribution in [3.8, 4) is 0 Å². The van der Waals surface area contributed by atoms with Crippen LogP contribution in [0.3, 0.4) is 0 Å². The maximum absolute atomic E-state index is 12.2. The number of thiol groups is 1. The lowest BCUT2D eigenvalue weighted by Crippen LogP contribution is -2.55. The van der Waals surface area contributed by atoms with Crippen LogP contribution >= 0.6 is 59.6 Å². The number of carbonyl (C=O) groups excluding carboxylic acids is 1. The van der Waals surface area contributed by atoms with Crippen molar-refractivity contribution in [2.75, 3.05) is 5.32 Å². The van der Waals surface area contributed by atoms with Crippen molar-refractivity contribution < 1.29 is 4.79 Å². The molecule has 9 heteroatoms. The number of rotatable bonds is 5. The zero-order valence-corrected chi connectivity index (χ0v) is 17.8. The Balaban J connectivity index is 2.00. The van der Waals surface area contributed by atoms with Crippen LogP contribution in [0.2, 0.25) is 0 Å². The molecule has 0 fully saturated rings. The van der Waals surface area contributed by atoms with E-state index in [1.54, 1.807) is 18.2 Å². The van der Waals surface area contributed by atoms with Gasteiger partial charge in [-0.3, -0.25) is 4.79 Å². The first-order valence-corrected chi connectivity index (χ1v) is 9.70. The van der Waals surface area contributed by atoms with Crippen LogP contribution in [0.15, 0.2) is 65.6 Å². The molecule has 1 unspecified atom stereocenters. The second-order valence-electron chi connectivity index (χ2n) is 5.34. The summed E-state index contributed by atoms with van der Waals surface area (Å²) in [7, 11) is 0. The molecule has 3 N–H and O–H groups in total. The van der Waals surface area contributed by atoms with E-state index >= 15 is 0 Å². The van der Waals surface area contributed by atoms with Crippen molar-refractivity contribution >= 4 is 82.4 Å². The molecule has 0 bridgehead atoms. The number of para-hydroxylation sites is 1. The molecule has 0 saturated heterocycles. The van der Waals surface area contributed by atoms with Gasteiger partial charge in [0.1, 0.15) is 6.17 Å².